The van der Waals surface area contributed by atoms with Gasteiger partial charge in [-0.05, 0) is 24.5 Å². The largest absolute Gasteiger partial charge is 0.416 e. The fraction of sp³-hybridized carbons (Fsp3) is 0.562. The number of rotatable bonds is 7. The van der Waals surface area contributed by atoms with E-state index < -0.39 is 23.8 Å². The van der Waals surface area contributed by atoms with E-state index in [2.05, 4.69) is 5.32 Å². The predicted molar refractivity (Wildman–Crippen MR) is 78.2 cm³/mol. The maximum atomic E-state index is 12.6. The molecule has 3 nitrogen and oxygen atoms in total. The topological polar surface area (TPSA) is 49.3 Å². The van der Waals surface area contributed by atoms with Crippen molar-refractivity contribution < 1.29 is 23.1 Å². The SMILES string of the molecule is CCCC(O)CNC(=O)C(C)Cc1cccc(C(F)(F)F)c1. The molecule has 1 aromatic carbocycles. The van der Waals surface area contributed by atoms with Crippen LogP contribution < -0.4 is 5.32 Å². The molecular formula is C16H22F3NO2. The van der Waals surface area contributed by atoms with Crippen LogP contribution in [0, 0.1) is 5.92 Å². The Morgan fingerprint density at radius 3 is 2.64 bits per heavy atom. The highest BCUT2D eigenvalue weighted by Crippen LogP contribution is 2.29. The number of alkyl halides is 3. The Morgan fingerprint density at radius 2 is 2.05 bits per heavy atom. The van der Waals surface area contributed by atoms with Crippen molar-refractivity contribution in [2.45, 2.75) is 45.4 Å². The Balaban J connectivity index is 2.57. The van der Waals surface area contributed by atoms with Crippen LogP contribution in [0.15, 0.2) is 24.3 Å². The molecule has 0 aliphatic heterocycles. The number of aliphatic hydroxyl groups excluding tert-OH is 1. The van der Waals surface area contributed by atoms with Crippen LogP contribution in [0.1, 0.15) is 37.8 Å². The van der Waals surface area contributed by atoms with Crippen molar-refractivity contribution in [2.75, 3.05) is 6.54 Å². The van der Waals surface area contributed by atoms with Gasteiger partial charge in [-0.25, -0.2) is 0 Å². The van der Waals surface area contributed by atoms with Gasteiger partial charge in [0, 0.05) is 12.5 Å². The van der Waals surface area contributed by atoms with Crippen molar-refractivity contribution in [1.82, 2.24) is 5.32 Å². The molecule has 0 bridgehead atoms. The van der Waals surface area contributed by atoms with Crippen LogP contribution >= 0.6 is 0 Å². The van der Waals surface area contributed by atoms with Gasteiger partial charge in [0.05, 0.1) is 11.7 Å². The molecular weight excluding hydrogens is 295 g/mol. The van der Waals surface area contributed by atoms with Crippen molar-refractivity contribution in [2.24, 2.45) is 5.92 Å². The second-order valence-corrected chi connectivity index (χ2v) is 5.49. The fourth-order valence-electron chi connectivity index (χ4n) is 2.15. The summed E-state index contributed by atoms with van der Waals surface area (Å²) in [5.74, 6) is -0.732. The Labute approximate surface area is 128 Å². The Morgan fingerprint density at radius 1 is 1.36 bits per heavy atom. The third-order valence-corrected chi connectivity index (χ3v) is 3.38. The van der Waals surface area contributed by atoms with Crippen molar-refractivity contribution in [3.8, 4) is 0 Å². The minimum absolute atomic E-state index is 0.166. The summed E-state index contributed by atoms with van der Waals surface area (Å²) in [4.78, 5) is 11.9. The number of amides is 1. The molecule has 0 heterocycles. The van der Waals surface area contributed by atoms with Gasteiger partial charge in [-0.2, -0.15) is 13.2 Å². The Bertz CT molecular complexity index is 489. The van der Waals surface area contributed by atoms with E-state index in [1.165, 1.54) is 6.07 Å². The van der Waals surface area contributed by atoms with Crippen LogP contribution in [-0.2, 0) is 17.4 Å². The number of hydrogen-bond donors (Lipinski definition) is 2. The summed E-state index contributed by atoms with van der Waals surface area (Å²) in [7, 11) is 0. The van der Waals surface area contributed by atoms with E-state index in [1.807, 2.05) is 6.92 Å². The zero-order valence-electron chi connectivity index (χ0n) is 12.8. The summed E-state index contributed by atoms with van der Waals surface area (Å²) < 4.78 is 37.9. The number of carbonyl (C=O) groups is 1. The van der Waals surface area contributed by atoms with Gasteiger partial charge < -0.3 is 10.4 Å². The van der Waals surface area contributed by atoms with E-state index >= 15 is 0 Å². The lowest BCUT2D eigenvalue weighted by Gasteiger charge is -2.15. The maximum absolute atomic E-state index is 12.6. The normalized spacial score (nSPS) is 14.5. The smallest absolute Gasteiger partial charge is 0.391 e. The molecule has 1 rings (SSSR count). The standard InChI is InChI=1S/C16H22F3NO2/c1-3-5-14(21)10-20-15(22)11(2)8-12-6-4-7-13(9-12)16(17,18)19/h4,6-7,9,11,14,21H,3,5,8,10H2,1-2H3,(H,20,22). The fourth-order valence-corrected chi connectivity index (χ4v) is 2.15. The first-order chi connectivity index (χ1) is 10.2. The average molecular weight is 317 g/mol. The highest BCUT2D eigenvalue weighted by atomic mass is 19.4. The highest BCUT2D eigenvalue weighted by Gasteiger charge is 2.30. The summed E-state index contributed by atoms with van der Waals surface area (Å²) in [5, 5.41) is 12.2. The van der Waals surface area contributed by atoms with Crippen LogP contribution in [0.2, 0.25) is 0 Å². The zero-order valence-corrected chi connectivity index (χ0v) is 12.8. The quantitative estimate of drug-likeness (QED) is 0.811. The predicted octanol–water partition coefficient (Wildman–Crippen LogP) is 3.16. The summed E-state index contributed by atoms with van der Waals surface area (Å²) in [6, 6.07) is 4.99. The average Bonchev–Trinajstić information content (AvgIpc) is 2.44. The molecule has 124 valence electrons. The number of hydrogen-bond acceptors (Lipinski definition) is 2. The maximum Gasteiger partial charge on any atom is 0.416 e. The summed E-state index contributed by atoms with van der Waals surface area (Å²) >= 11 is 0. The summed E-state index contributed by atoms with van der Waals surface area (Å²) in [6.45, 7) is 3.75. The molecule has 0 saturated carbocycles. The number of carbonyl (C=O) groups excluding carboxylic acids is 1. The van der Waals surface area contributed by atoms with E-state index in [-0.39, 0.29) is 18.9 Å². The third kappa shape index (κ3) is 6.05. The van der Waals surface area contributed by atoms with E-state index in [1.54, 1.807) is 13.0 Å². The molecule has 22 heavy (non-hydrogen) atoms. The van der Waals surface area contributed by atoms with E-state index in [0.29, 0.717) is 12.0 Å². The molecule has 6 heteroatoms. The molecule has 0 saturated heterocycles. The Kier molecular flexibility index (Phi) is 6.87. The molecule has 0 radical (unpaired) electrons. The van der Waals surface area contributed by atoms with Crippen LogP contribution in [0.4, 0.5) is 13.2 Å². The minimum atomic E-state index is -4.38. The lowest BCUT2D eigenvalue weighted by atomic mass is 9.98. The van der Waals surface area contributed by atoms with Crippen molar-refractivity contribution in [3.63, 3.8) is 0 Å². The first kappa shape index (κ1) is 18.5. The molecule has 0 aromatic heterocycles. The van der Waals surface area contributed by atoms with Gasteiger partial charge in [-0.15, -0.1) is 0 Å². The van der Waals surface area contributed by atoms with E-state index in [0.717, 1.165) is 18.6 Å². The van der Waals surface area contributed by atoms with Gasteiger partial charge in [0.25, 0.3) is 0 Å². The third-order valence-electron chi connectivity index (χ3n) is 3.38. The van der Waals surface area contributed by atoms with Gasteiger partial charge in [-0.3, -0.25) is 4.79 Å². The first-order valence-electron chi connectivity index (χ1n) is 7.36. The molecule has 1 aromatic rings. The Hall–Kier alpha value is -1.56. The number of benzene rings is 1. The monoisotopic (exact) mass is 317 g/mol. The molecule has 2 atom stereocenters. The van der Waals surface area contributed by atoms with Crippen LogP contribution in [0.25, 0.3) is 0 Å². The molecule has 1 amide bonds. The van der Waals surface area contributed by atoms with Crippen molar-refractivity contribution >= 4 is 5.91 Å². The number of halogens is 3. The molecule has 2 N–H and O–H groups in total. The van der Waals surface area contributed by atoms with Gasteiger partial charge in [-0.1, -0.05) is 38.5 Å². The van der Waals surface area contributed by atoms with E-state index in [4.69, 9.17) is 0 Å². The minimum Gasteiger partial charge on any atom is -0.391 e. The van der Waals surface area contributed by atoms with Crippen molar-refractivity contribution in [3.05, 3.63) is 35.4 Å². The highest BCUT2D eigenvalue weighted by molar-refractivity contribution is 5.78. The van der Waals surface area contributed by atoms with Crippen LogP contribution in [0.5, 0.6) is 0 Å². The zero-order chi connectivity index (χ0) is 16.8. The molecule has 0 aliphatic rings. The second kappa shape index (κ2) is 8.17. The van der Waals surface area contributed by atoms with E-state index in [9.17, 15) is 23.1 Å². The van der Waals surface area contributed by atoms with Crippen LogP contribution in [0.3, 0.4) is 0 Å². The first-order valence-corrected chi connectivity index (χ1v) is 7.36. The summed E-state index contributed by atoms with van der Waals surface area (Å²) in [6.07, 6.45) is -3.33. The van der Waals surface area contributed by atoms with Gasteiger partial charge in [0.2, 0.25) is 5.91 Å². The summed E-state index contributed by atoms with van der Waals surface area (Å²) in [5.41, 5.74) is -0.248. The number of aliphatic hydroxyl groups is 1. The van der Waals surface area contributed by atoms with Gasteiger partial charge in [0.1, 0.15) is 0 Å². The van der Waals surface area contributed by atoms with Crippen LogP contribution in [-0.4, -0.2) is 23.7 Å². The van der Waals surface area contributed by atoms with Gasteiger partial charge >= 0.3 is 6.18 Å². The molecule has 0 fully saturated rings. The lowest BCUT2D eigenvalue weighted by molar-refractivity contribution is -0.137. The lowest BCUT2D eigenvalue weighted by Crippen LogP contribution is -2.36. The van der Waals surface area contributed by atoms with Gasteiger partial charge in [0.15, 0.2) is 0 Å². The molecule has 0 aliphatic carbocycles. The van der Waals surface area contributed by atoms with Crippen molar-refractivity contribution in [1.29, 1.82) is 0 Å². The molecule has 2 unspecified atom stereocenters. The second-order valence-electron chi connectivity index (χ2n) is 5.49. The molecule has 0 spiro atoms. The number of nitrogens with one attached hydrogen (secondary N) is 1.